The number of benzene rings is 2. The molecule has 2 aromatic rings. The van der Waals surface area contributed by atoms with E-state index in [-0.39, 0.29) is 11.8 Å². The number of ether oxygens (including phenoxy) is 1. The standard InChI is InChI=1S/C21H24N2O3/c1-4-26-18-10-7-9-17(14-18)23-13-12-22(16(3)20(23)24)21(25)19-11-6-5-8-15(19)2/h5-11,14,16H,4,12-13H2,1-3H3/t16-/m1/s1. The highest BCUT2D eigenvalue weighted by molar-refractivity contribution is 6.04. The van der Waals surface area contributed by atoms with Crippen LogP contribution in [0.25, 0.3) is 0 Å². The van der Waals surface area contributed by atoms with Gasteiger partial charge in [-0.25, -0.2) is 0 Å². The van der Waals surface area contributed by atoms with Crippen molar-refractivity contribution in [3.8, 4) is 5.75 Å². The molecular weight excluding hydrogens is 328 g/mol. The normalized spacial score (nSPS) is 17.3. The summed E-state index contributed by atoms with van der Waals surface area (Å²) in [5.41, 5.74) is 2.37. The first-order valence-corrected chi connectivity index (χ1v) is 8.93. The molecule has 1 aliphatic rings. The molecule has 0 saturated carbocycles. The van der Waals surface area contributed by atoms with Gasteiger partial charge in [0.1, 0.15) is 11.8 Å². The van der Waals surface area contributed by atoms with Crippen LogP contribution >= 0.6 is 0 Å². The van der Waals surface area contributed by atoms with Gasteiger partial charge in [-0.3, -0.25) is 9.59 Å². The highest BCUT2D eigenvalue weighted by Gasteiger charge is 2.35. The Morgan fingerprint density at radius 1 is 1.15 bits per heavy atom. The summed E-state index contributed by atoms with van der Waals surface area (Å²) < 4.78 is 5.53. The fourth-order valence-electron chi connectivity index (χ4n) is 3.28. The molecule has 0 N–H and O–H groups in total. The minimum Gasteiger partial charge on any atom is -0.494 e. The van der Waals surface area contributed by atoms with E-state index >= 15 is 0 Å². The van der Waals surface area contributed by atoms with Gasteiger partial charge in [0, 0.05) is 30.4 Å². The number of hydrogen-bond acceptors (Lipinski definition) is 3. The van der Waals surface area contributed by atoms with E-state index in [1.54, 1.807) is 16.7 Å². The zero-order valence-corrected chi connectivity index (χ0v) is 15.4. The number of amides is 2. The Labute approximate surface area is 154 Å². The van der Waals surface area contributed by atoms with E-state index in [4.69, 9.17) is 4.74 Å². The quantitative estimate of drug-likeness (QED) is 0.848. The van der Waals surface area contributed by atoms with Gasteiger partial charge < -0.3 is 14.5 Å². The molecule has 0 aliphatic carbocycles. The Kier molecular flexibility index (Phi) is 5.26. The lowest BCUT2D eigenvalue weighted by atomic mass is 10.0. The number of carbonyl (C=O) groups excluding carboxylic acids is 2. The Hall–Kier alpha value is -2.82. The van der Waals surface area contributed by atoms with Gasteiger partial charge in [-0.1, -0.05) is 24.3 Å². The summed E-state index contributed by atoms with van der Waals surface area (Å²) in [6, 6.07) is 14.5. The average Bonchev–Trinajstić information content (AvgIpc) is 2.64. The third-order valence-electron chi connectivity index (χ3n) is 4.73. The summed E-state index contributed by atoms with van der Waals surface area (Å²) in [5.74, 6) is 0.572. The predicted molar refractivity (Wildman–Crippen MR) is 102 cm³/mol. The van der Waals surface area contributed by atoms with Crippen molar-refractivity contribution in [3.63, 3.8) is 0 Å². The summed E-state index contributed by atoms with van der Waals surface area (Å²) in [4.78, 5) is 29.2. The van der Waals surface area contributed by atoms with Gasteiger partial charge in [-0.2, -0.15) is 0 Å². The molecule has 1 heterocycles. The lowest BCUT2D eigenvalue weighted by Gasteiger charge is -2.39. The van der Waals surface area contributed by atoms with Crippen LogP contribution in [0.4, 0.5) is 5.69 Å². The zero-order valence-electron chi connectivity index (χ0n) is 15.4. The summed E-state index contributed by atoms with van der Waals surface area (Å²) >= 11 is 0. The first-order valence-electron chi connectivity index (χ1n) is 8.93. The number of anilines is 1. The van der Waals surface area contributed by atoms with Crippen LogP contribution in [-0.4, -0.2) is 42.5 Å². The van der Waals surface area contributed by atoms with Crippen molar-refractivity contribution in [1.29, 1.82) is 0 Å². The molecule has 1 fully saturated rings. The van der Waals surface area contributed by atoms with Crippen LogP contribution in [-0.2, 0) is 4.79 Å². The predicted octanol–water partition coefficient (Wildman–Crippen LogP) is 3.27. The summed E-state index contributed by atoms with van der Waals surface area (Å²) in [7, 11) is 0. The molecule has 2 amide bonds. The molecule has 3 rings (SSSR count). The van der Waals surface area contributed by atoms with Crippen LogP contribution in [0, 0.1) is 6.92 Å². The maximum Gasteiger partial charge on any atom is 0.254 e. The Morgan fingerprint density at radius 2 is 1.92 bits per heavy atom. The molecule has 0 unspecified atom stereocenters. The Bertz CT molecular complexity index is 818. The molecule has 136 valence electrons. The van der Waals surface area contributed by atoms with Crippen LogP contribution < -0.4 is 9.64 Å². The molecule has 0 aromatic heterocycles. The van der Waals surface area contributed by atoms with Crippen LogP contribution in [0.5, 0.6) is 5.75 Å². The van der Waals surface area contributed by atoms with Crippen molar-refractivity contribution in [3.05, 3.63) is 59.7 Å². The van der Waals surface area contributed by atoms with Crippen LogP contribution in [0.15, 0.2) is 48.5 Å². The van der Waals surface area contributed by atoms with Crippen molar-refractivity contribution in [1.82, 2.24) is 4.90 Å². The van der Waals surface area contributed by atoms with Crippen LogP contribution in [0.1, 0.15) is 29.8 Å². The average molecular weight is 352 g/mol. The first kappa shape index (κ1) is 18.0. The van der Waals surface area contributed by atoms with E-state index in [9.17, 15) is 9.59 Å². The van der Waals surface area contributed by atoms with Crippen molar-refractivity contribution >= 4 is 17.5 Å². The maximum absolute atomic E-state index is 12.9. The molecule has 5 nitrogen and oxygen atoms in total. The van der Waals surface area contributed by atoms with E-state index < -0.39 is 6.04 Å². The topological polar surface area (TPSA) is 49.9 Å². The van der Waals surface area contributed by atoms with Gasteiger partial charge in [0.15, 0.2) is 0 Å². The van der Waals surface area contributed by atoms with E-state index in [0.29, 0.717) is 25.3 Å². The Morgan fingerprint density at radius 3 is 2.65 bits per heavy atom. The third-order valence-corrected chi connectivity index (χ3v) is 4.73. The highest BCUT2D eigenvalue weighted by Crippen LogP contribution is 2.25. The van der Waals surface area contributed by atoms with E-state index in [2.05, 4.69) is 0 Å². The smallest absolute Gasteiger partial charge is 0.254 e. The molecule has 5 heteroatoms. The van der Waals surface area contributed by atoms with E-state index in [1.165, 1.54) is 0 Å². The molecule has 26 heavy (non-hydrogen) atoms. The number of hydrogen-bond donors (Lipinski definition) is 0. The SMILES string of the molecule is CCOc1cccc(N2CCN(C(=O)c3ccccc3C)[C@H](C)C2=O)c1. The van der Waals surface area contributed by atoms with Crippen molar-refractivity contribution in [2.75, 3.05) is 24.6 Å². The van der Waals surface area contributed by atoms with Crippen LogP contribution in [0.2, 0.25) is 0 Å². The molecule has 1 atom stereocenters. The van der Waals surface area contributed by atoms with Gasteiger partial charge in [-0.15, -0.1) is 0 Å². The number of nitrogens with zero attached hydrogens (tertiary/aromatic N) is 2. The zero-order chi connectivity index (χ0) is 18.7. The minimum atomic E-state index is -0.508. The van der Waals surface area contributed by atoms with Gasteiger partial charge >= 0.3 is 0 Å². The first-order chi connectivity index (χ1) is 12.5. The second-order valence-electron chi connectivity index (χ2n) is 6.41. The fraction of sp³-hybridized carbons (Fsp3) is 0.333. The van der Waals surface area contributed by atoms with Crippen molar-refractivity contribution < 1.29 is 14.3 Å². The lowest BCUT2D eigenvalue weighted by molar-refractivity contribution is -0.124. The van der Waals surface area contributed by atoms with E-state index in [0.717, 1.165) is 17.0 Å². The van der Waals surface area contributed by atoms with Crippen LogP contribution in [0.3, 0.4) is 0 Å². The lowest BCUT2D eigenvalue weighted by Crippen LogP contribution is -2.57. The number of aryl methyl sites for hydroxylation is 1. The number of carbonyl (C=O) groups is 2. The van der Waals surface area contributed by atoms with Gasteiger partial charge in [0.2, 0.25) is 5.91 Å². The third kappa shape index (κ3) is 3.43. The van der Waals surface area contributed by atoms with Gasteiger partial charge in [0.25, 0.3) is 5.91 Å². The van der Waals surface area contributed by atoms with Crippen molar-refractivity contribution in [2.24, 2.45) is 0 Å². The fourth-order valence-corrected chi connectivity index (χ4v) is 3.28. The largest absolute Gasteiger partial charge is 0.494 e. The maximum atomic E-state index is 12.9. The second kappa shape index (κ2) is 7.60. The van der Waals surface area contributed by atoms with Gasteiger partial charge in [-0.05, 0) is 44.5 Å². The van der Waals surface area contributed by atoms with Crippen molar-refractivity contribution in [2.45, 2.75) is 26.8 Å². The molecule has 0 bridgehead atoms. The van der Waals surface area contributed by atoms with E-state index in [1.807, 2.05) is 62.4 Å². The minimum absolute atomic E-state index is 0.0770. The monoisotopic (exact) mass is 352 g/mol. The Balaban J connectivity index is 1.80. The summed E-state index contributed by atoms with van der Waals surface area (Å²) in [6.07, 6.45) is 0. The number of piperazine rings is 1. The summed E-state index contributed by atoms with van der Waals surface area (Å²) in [6.45, 7) is 7.17. The second-order valence-corrected chi connectivity index (χ2v) is 6.41. The molecular formula is C21H24N2O3. The van der Waals surface area contributed by atoms with Gasteiger partial charge in [0.05, 0.1) is 6.61 Å². The highest BCUT2D eigenvalue weighted by atomic mass is 16.5. The molecule has 0 radical (unpaired) electrons. The molecule has 2 aromatic carbocycles. The molecule has 0 spiro atoms. The number of rotatable bonds is 4. The molecule has 1 aliphatic heterocycles. The summed E-state index contributed by atoms with van der Waals surface area (Å²) in [5, 5.41) is 0. The molecule has 1 saturated heterocycles.